The molecule has 1 aromatic heterocycles. The van der Waals surface area contributed by atoms with E-state index in [1.165, 1.54) is 6.07 Å². The lowest BCUT2D eigenvalue weighted by Crippen LogP contribution is -2.07. The molecule has 0 amide bonds. The van der Waals surface area contributed by atoms with Gasteiger partial charge < -0.3 is 5.11 Å². The van der Waals surface area contributed by atoms with E-state index in [-0.39, 0.29) is 17.9 Å². The average Bonchev–Trinajstić information content (AvgIpc) is 2.56. The number of anilines is 1. The average molecular weight is 315 g/mol. The third-order valence-corrected chi connectivity index (χ3v) is 3.20. The molecule has 2 N–H and O–H groups in total. The summed E-state index contributed by atoms with van der Waals surface area (Å²) in [5, 5.41) is 12.9. The highest BCUT2D eigenvalue weighted by atomic mass is 19.1. The van der Waals surface area contributed by atoms with Gasteiger partial charge in [0.2, 0.25) is 0 Å². The standard InChI is InChI=1S/C17H18FN3O2/c18-13-7-1-2-8-14(13)20-21-16(10-3-4-11-17(22)23)15-9-5-6-12-19-15/h1-2,5-9,12,20H,3-4,10-11H2,(H,22,23)/b21-16-. The number of aromatic nitrogens is 1. The van der Waals surface area contributed by atoms with Crippen LogP contribution >= 0.6 is 0 Å². The molecule has 0 aliphatic heterocycles. The Morgan fingerprint density at radius 2 is 1.87 bits per heavy atom. The molecule has 0 saturated carbocycles. The highest BCUT2D eigenvalue weighted by molar-refractivity contribution is 5.99. The summed E-state index contributed by atoms with van der Waals surface area (Å²) in [4.78, 5) is 14.8. The van der Waals surface area contributed by atoms with E-state index in [9.17, 15) is 9.18 Å². The van der Waals surface area contributed by atoms with E-state index >= 15 is 0 Å². The normalized spacial score (nSPS) is 11.3. The SMILES string of the molecule is O=C(O)CCCC/C(=N/Nc1ccccc1F)c1ccccn1. The van der Waals surface area contributed by atoms with Gasteiger partial charge in [0.25, 0.3) is 0 Å². The summed E-state index contributed by atoms with van der Waals surface area (Å²) in [5.74, 6) is -1.20. The predicted molar refractivity (Wildman–Crippen MR) is 86.9 cm³/mol. The van der Waals surface area contributed by atoms with Crippen LogP contribution in [-0.2, 0) is 4.79 Å². The van der Waals surface area contributed by atoms with Gasteiger partial charge in [0.15, 0.2) is 0 Å². The van der Waals surface area contributed by atoms with Crippen molar-refractivity contribution < 1.29 is 14.3 Å². The van der Waals surface area contributed by atoms with Gasteiger partial charge in [-0.15, -0.1) is 0 Å². The van der Waals surface area contributed by atoms with E-state index in [0.717, 1.165) is 0 Å². The molecule has 0 aliphatic rings. The van der Waals surface area contributed by atoms with E-state index in [4.69, 9.17) is 5.11 Å². The van der Waals surface area contributed by atoms with Crippen molar-refractivity contribution in [2.75, 3.05) is 5.43 Å². The van der Waals surface area contributed by atoms with Crippen LogP contribution in [0.15, 0.2) is 53.8 Å². The quantitative estimate of drug-likeness (QED) is 0.443. The van der Waals surface area contributed by atoms with Crippen molar-refractivity contribution in [2.45, 2.75) is 25.7 Å². The maximum absolute atomic E-state index is 13.6. The molecule has 5 nitrogen and oxygen atoms in total. The van der Waals surface area contributed by atoms with Crippen LogP contribution in [0, 0.1) is 5.82 Å². The largest absolute Gasteiger partial charge is 0.481 e. The number of nitrogens with zero attached hydrogens (tertiary/aromatic N) is 2. The minimum absolute atomic E-state index is 0.121. The summed E-state index contributed by atoms with van der Waals surface area (Å²) in [6, 6.07) is 11.7. The maximum atomic E-state index is 13.6. The van der Waals surface area contributed by atoms with Crippen LogP contribution in [0.2, 0.25) is 0 Å². The highest BCUT2D eigenvalue weighted by Crippen LogP contribution is 2.14. The first-order valence-corrected chi connectivity index (χ1v) is 7.37. The van der Waals surface area contributed by atoms with Gasteiger partial charge in [-0.2, -0.15) is 5.10 Å². The van der Waals surface area contributed by atoms with Gasteiger partial charge in [0, 0.05) is 12.6 Å². The Bertz CT molecular complexity index is 675. The van der Waals surface area contributed by atoms with Gasteiger partial charge in [0.1, 0.15) is 5.82 Å². The van der Waals surface area contributed by atoms with Crippen LogP contribution in [0.5, 0.6) is 0 Å². The van der Waals surface area contributed by atoms with Crippen molar-refractivity contribution >= 4 is 17.4 Å². The molecule has 6 heteroatoms. The number of carboxylic acid groups (broad SMARTS) is 1. The van der Waals surface area contributed by atoms with Crippen molar-refractivity contribution in [1.82, 2.24) is 4.98 Å². The number of hydrogen-bond donors (Lipinski definition) is 2. The number of unbranched alkanes of at least 4 members (excludes halogenated alkanes) is 1. The molecule has 0 unspecified atom stereocenters. The van der Waals surface area contributed by atoms with Crippen LogP contribution < -0.4 is 5.43 Å². The molecule has 0 radical (unpaired) electrons. The molecule has 0 bridgehead atoms. The molecule has 1 aromatic carbocycles. The number of hydrazone groups is 1. The second-order valence-electron chi connectivity index (χ2n) is 4.97. The zero-order valence-electron chi connectivity index (χ0n) is 12.6. The Morgan fingerprint density at radius 3 is 2.57 bits per heavy atom. The topological polar surface area (TPSA) is 74.6 Å². The van der Waals surface area contributed by atoms with Gasteiger partial charge in [0.05, 0.1) is 17.1 Å². The fourth-order valence-electron chi connectivity index (χ4n) is 2.02. The summed E-state index contributed by atoms with van der Waals surface area (Å²) in [6.45, 7) is 0. The maximum Gasteiger partial charge on any atom is 0.303 e. The Kier molecular flexibility index (Phi) is 6.23. The first kappa shape index (κ1) is 16.6. The summed E-state index contributed by atoms with van der Waals surface area (Å²) in [6.07, 6.45) is 3.56. The van der Waals surface area contributed by atoms with Crippen LogP contribution in [0.4, 0.5) is 10.1 Å². The van der Waals surface area contributed by atoms with Gasteiger partial charge >= 0.3 is 5.97 Å². The van der Waals surface area contributed by atoms with Gasteiger partial charge in [-0.3, -0.25) is 15.2 Å². The number of hydrogen-bond acceptors (Lipinski definition) is 4. The predicted octanol–water partition coefficient (Wildman–Crippen LogP) is 3.68. The molecule has 1 heterocycles. The van der Waals surface area contributed by atoms with E-state index in [2.05, 4.69) is 15.5 Å². The Labute approximate surface area is 133 Å². The number of carbonyl (C=O) groups is 1. The molecule has 120 valence electrons. The lowest BCUT2D eigenvalue weighted by molar-refractivity contribution is -0.137. The first-order valence-electron chi connectivity index (χ1n) is 7.37. The molecule has 2 rings (SSSR count). The molecular weight excluding hydrogens is 297 g/mol. The molecule has 0 atom stereocenters. The molecule has 0 spiro atoms. The monoisotopic (exact) mass is 315 g/mol. The third kappa shape index (κ3) is 5.50. The summed E-state index contributed by atoms with van der Waals surface area (Å²) in [5.41, 5.74) is 4.35. The molecule has 23 heavy (non-hydrogen) atoms. The number of benzene rings is 1. The Balaban J connectivity index is 2.08. The number of nitrogens with one attached hydrogen (secondary N) is 1. The van der Waals surface area contributed by atoms with Crippen LogP contribution in [0.25, 0.3) is 0 Å². The minimum Gasteiger partial charge on any atom is -0.481 e. The van der Waals surface area contributed by atoms with Crippen molar-refractivity contribution in [3.05, 3.63) is 60.2 Å². The fraction of sp³-hybridized carbons (Fsp3) is 0.235. The van der Waals surface area contributed by atoms with Gasteiger partial charge in [-0.05, 0) is 43.5 Å². The van der Waals surface area contributed by atoms with E-state index in [1.54, 1.807) is 30.5 Å². The zero-order valence-corrected chi connectivity index (χ0v) is 12.6. The summed E-state index contributed by atoms with van der Waals surface area (Å²) in [7, 11) is 0. The smallest absolute Gasteiger partial charge is 0.303 e. The second-order valence-corrected chi connectivity index (χ2v) is 4.97. The molecule has 0 aliphatic carbocycles. The van der Waals surface area contributed by atoms with Crippen LogP contribution in [-0.4, -0.2) is 21.8 Å². The minimum atomic E-state index is -0.814. The third-order valence-electron chi connectivity index (χ3n) is 3.20. The number of para-hydroxylation sites is 1. The van der Waals surface area contributed by atoms with Crippen molar-refractivity contribution in [3.63, 3.8) is 0 Å². The lowest BCUT2D eigenvalue weighted by Gasteiger charge is -2.08. The van der Waals surface area contributed by atoms with Gasteiger partial charge in [-0.1, -0.05) is 18.2 Å². The highest BCUT2D eigenvalue weighted by Gasteiger charge is 2.07. The number of rotatable bonds is 8. The Hall–Kier alpha value is -2.76. The number of pyridine rings is 1. The van der Waals surface area contributed by atoms with Gasteiger partial charge in [-0.25, -0.2) is 4.39 Å². The van der Waals surface area contributed by atoms with Crippen molar-refractivity contribution in [2.24, 2.45) is 5.10 Å². The number of halogens is 1. The van der Waals surface area contributed by atoms with Crippen molar-refractivity contribution in [3.8, 4) is 0 Å². The molecule has 0 fully saturated rings. The summed E-state index contributed by atoms with van der Waals surface area (Å²) < 4.78 is 13.6. The zero-order chi connectivity index (χ0) is 16.5. The van der Waals surface area contributed by atoms with E-state index in [0.29, 0.717) is 30.7 Å². The van der Waals surface area contributed by atoms with Crippen molar-refractivity contribution in [1.29, 1.82) is 0 Å². The van der Waals surface area contributed by atoms with Crippen LogP contribution in [0.3, 0.4) is 0 Å². The van der Waals surface area contributed by atoms with Crippen LogP contribution in [0.1, 0.15) is 31.4 Å². The number of carboxylic acids is 1. The van der Waals surface area contributed by atoms with E-state index in [1.807, 2.05) is 12.1 Å². The molecule has 0 saturated heterocycles. The molecule has 2 aromatic rings. The summed E-state index contributed by atoms with van der Waals surface area (Å²) >= 11 is 0. The number of aliphatic carboxylic acids is 1. The second kappa shape index (κ2) is 8.63. The van der Waals surface area contributed by atoms with E-state index < -0.39 is 5.97 Å². The molecular formula is C17H18FN3O2. The fourth-order valence-corrected chi connectivity index (χ4v) is 2.02. The Morgan fingerprint density at radius 1 is 1.13 bits per heavy atom. The first-order chi connectivity index (χ1) is 11.2. The lowest BCUT2D eigenvalue weighted by atomic mass is 10.1.